The molecule has 0 N–H and O–H groups in total. The second kappa shape index (κ2) is 10.3. The average Bonchev–Trinajstić information content (AvgIpc) is 3.50. The lowest BCUT2D eigenvalue weighted by atomic mass is 9.90. The second-order valence-corrected chi connectivity index (χ2v) is 9.67. The SMILES string of the molecule is COc1cc([C@H]2[C@H]3C(=O)N(c4ccc(C)cc4)C(=O)[C@@H]3ON2c2ccccc2)ccc1OC(=O)c1ccccc1. The van der Waals surface area contributed by atoms with Crippen molar-refractivity contribution in [3.63, 3.8) is 0 Å². The van der Waals surface area contributed by atoms with Gasteiger partial charge >= 0.3 is 5.97 Å². The summed E-state index contributed by atoms with van der Waals surface area (Å²) in [5.74, 6) is -1.55. The first-order valence-corrected chi connectivity index (χ1v) is 12.9. The van der Waals surface area contributed by atoms with Crippen LogP contribution in [0, 0.1) is 12.8 Å². The van der Waals surface area contributed by atoms with Crippen molar-refractivity contribution in [1.82, 2.24) is 0 Å². The Balaban J connectivity index is 1.38. The number of hydrogen-bond acceptors (Lipinski definition) is 7. The molecule has 8 nitrogen and oxygen atoms in total. The van der Waals surface area contributed by atoms with Gasteiger partial charge in [0.05, 0.1) is 30.1 Å². The molecule has 4 aromatic rings. The third-order valence-corrected chi connectivity index (χ3v) is 7.16. The minimum absolute atomic E-state index is 0.233. The molecule has 2 fully saturated rings. The number of carbonyl (C=O) groups excluding carboxylic acids is 3. The van der Waals surface area contributed by atoms with Crippen molar-refractivity contribution in [3.8, 4) is 11.5 Å². The highest BCUT2D eigenvalue weighted by atomic mass is 16.7. The Kier molecular flexibility index (Phi) is 6.53. The Morgan fingerprint density at radius 1 is 0.775 bits per heavy atom. The normalized spacial score (nSPS) is 20.0. The molecule has 200 valence electrons. The molecule has 2 aliphatic heterocycles. The number of imide groups is 1. The third-order valence-electron chi connectivity index (χ3n) is 7.16. The van der Waals surface area contributed by atoms with E-state index < -0.39 is 29.9 Å². The molecule has 8 heteroatoms. The van der Waals surface area contributed by atoms with Crippen LogP contribution >= 0.6 is 0 Å². The average molecular weight is 535 g/mol. The van der Waals surface area contributed by atoms with Crippen LogP contribution in [0.3, 0.4) is 0 Å². The van der Waals surface area contributed by atoms with E-state index in [2.05, 4.69) is 0 Å². The molecule has 0 bridgehead atoms. The predicted molar refractivity (Wildman–Crippen MR) is 148 cm³/mol. The van der Waals surface area contributed by atoms with Gasteiger partial charge in [0.25, 0.3) is 5.91 Å². The number of rotatable bonds is 6. The summed E-state index contributed by atoms with van der Waals surface area (Å²) in [7, 11) is 1.48. The summed E-state index contributed by atoms with van der Waals surface area (Å²) in [5, 5.41) is 1.61. The molecule has 2 aliphatic rings. The number of aryl methyl sites for hydroxylation is 1. The number of para-hydroxylation sites is 1. The van der Waals surface area contributed by atoms with Crippen molar-refractivity contribution in [2.45, 2.75) is 19.1 Å². The van der Waals surface area contributed by atoms with Crippen molar-refractivity contribution < 1.29 is 28.7 Å². The first kappa shape index (κ1) is 25.3. The van der Waals surface area contributed by atoms with Gasteiger partial charge in [-0.05, 0) is 61.0 Å². The van der Waals surface area contributed by atoms with Gasteiger partial charge in [-0.2, -0.15) is 0 Å². The molecular weight excluding hydrogens is 508 g/mol. The van der Waals surface area contributed by atoms with E-state index in [1.54, 1.807) is 59.7 Å². The number of hydroxylamine groups is 1. The highest BCUT2D eigenvalue weighted by Gasteiger charge is 2.60. The minimum Gasteiger partial charge on any atom is -0.493 e. The summed E-state index contributed by atoms with van der Waals surface area (Å²) in [5.41, 5.74) is 3.29. The number of esters is 1. The maximum absolute atomic E-state index is 13.9. The summed E-state index contributed by atoms with van der Waals surface area (Å²) >= 11 is 0. The Morgan fingerprint density at radius 3 is 2.12 bits per heavy atom. The Bertz CT molecular complexity index is 1570. The van der Waals surface area contributed by atoms with Gasteiger partial charge in [-0.25, -0.2) is 14.8 Å². The zero-order valence-electron chi connectivity index (χ0n) is 21.9. The molecule has 0 aromatic heterocycles. The molecule has 4 aromatic carbocycles. The van der Waals surface area contributed by atoms with Crippen LogP contribution in [-0.4, -0.2) is 31.0 Å². The van der Waals surface area contributed by atoms with Gasteiger partial charge in [-0.3, -0.25) is 14.4 Å². The van der Waals surface area contributed by atoms with Gasteiger partial charge in [0.2, 0.25) is 5.91 Å². The van der Waals surface area contributed by atoms with Crippen molar-refractivity contribution in [2.75, 3.05) is 17.1 Å². The largest absolute Gasteiger partial charge is 0.493 e. The molecule has 0 spiro atoms. The summed E-state index contributed by atoms with van der Waals surface area (Å²) in [4.78, 5) is 47.5. The van der Waals surface area contributed by atoms with Crippen LogP contribution < -0.4 is 19.4 Å². The van der Waals surface area contributed by atoms with E-state index in [0.29, 0.717) is 28.3 Å². The quantitative estimate of drug-likeness (QED) is 0.189. The van der Waals surface area contributed by atoms with E-state index in [1.807, 2.05) is 55.5 Å². The van der Waals surface area contributed by atoms with E-state index in [1.165, 1.54) is 12.0 Å². The third kappa shape index (κ3) is 4.38. The maximum atomic E-state index is 13.9. The van der Waals surface area contributed by atoms with Crippen molar-refractivity contribution in [3.05, 3.63) is 120 Å². The fourth-order valence-corrected chi connectivity index (χ4v) is 5.19. The number of methoxy groups -OCH3 is 1. The van der Waals surface area contributed by atoms with Gasteiger partial charge < -0.3 is 9.47 Å². The number of fused-ring (bicyclic) bond motifs is 1. The van der Waals surface area contributed by atoms with Gasteiger partial charge in [-0.15, -0.1) is 0 Å². The van der Waals surface area contributed by atoms with Crippen molar-refractivity contribution in [2.24, 2.45) is 5.92 Å². The van der Waals surface area contributed by atoms with Crippen LogP contribution in [0.2, 0.25) is 0 Å². The van der Waals surface area contributed by atoms with E-state index in [4.69, 9.17) is 14.3 Å². The fraction of sp³-hybridized carbons (Fsp3) is 0.156. The molecule has 40 heavy (non-hydrogen) atoms. The number of amides is 2. The lowest BCUT2D eigenvalue weighted by Crippen LogP contribution is -2.37. The van der Waals surface area contributed by atoms with Crippen LogP contribution in [-0.2, 0) is 14.4 Å². The smallest absolute Gasteiger partial charge is 0.343 e. The summed E-state index contributed by atoms with van der Waals surface area (Å²) in [6, 6.07) is 29.7. The topological polar surface area (TPSA) is 85.4 Å². The Labute approximate surface area is 231 Å². The van der Waals surface area contributed by atoms with E-state index in [-0.39, 0.29) is 11.7 Å². The number of ether oxygens (including phenoxy) is 2. The lowest BCUT2D eigenvalue weighted by molar-refractivity contribution is -0.126. The summed E-state index contributed by atoms with van der Waals surface area (Å²) in [6.45, 7) is 1.94. The van der Waals surface area contributed by atoms with Gasteiger partial charge in [0.15, 0.2) is 17.6 Å². The molecule has 0 aliphatic carbocycles. The number of benzene rings is 4. The molecule has 2 amide bonds. The van der Waals surface area contributed by atoms with Crippen LogP contribution in [0.5, 0.6) is 11.5 Å². The monoisotopic (exact) mass is 534 g/mol. The number of hydrogen-bond donors (Lipinski definition) is 0. The van der Waals surface area contributed by atoms with Gasteiger partial charge in [-0.1, -0.05) is 60.2 Å². The Morgan fingerprint density at radius 2 is 1.45 bits per heavy atom. The van der Waals surface area contributed by atoms with E-state index >= 15 is 0 Å². The predicted octanol–water partition coefficient (Wildman–Crippen LogP) is 5.27. The molecule has 6 rings (SSSR count). The van der Waals surface area contributed by atoms with Gasteiger partial charge in [0, 0.05) is 0 Å². The van der Waals surface area contributed by atoms with Crippen LogP contribution in [0.15, 0.2) is 103 Å². The van der Waals surface area contributed by atoms with Gasteiger partial charge in [0.1, 0.15) is 5.92 Å². The van der Waals surface area contributed by atoms with E-state index in [0.717, 1.165) is 5.56 Å². The van der Waals surface area contributed by atoms with Crippen LogP contribution in [0.1, 0.15) is 27.5 Å². The number of anilines is 2. The van der Waals surface area contributed by atoms with E-state index in [9.17, 15) is 14.4 Å². The molecular formula is C32H26N2O6. The zero-order chi connectivity index (χ0) is 27.8. The maximum Gasteiger partial charge on any atom is 0.343 e. The second-order valence-electron chi connectivity index (χ2n) is 9.67. The molecule has 3 atom stereocenters. The number of carbonyl (C=O) groups is 3. The highest BCUT2D eigenvalue weighted by molar-refractivity contribution is 6.23. The molecule has 0 unspecified atom stereocenters. The fourth-order valence-electron chi connectivity index (χ4n) is 5.19. The summed E-state index contributed by atoms with van der Waals surface area (Å²) < 4.78 is 11.2. The standard InChI is InChI=1S/C32H26N2O6/c1-20-13-16-23(17-14-20)33-30(35)27-28(34(40-29(27)31(33)36)24-11-7-4-8-12-24)22-15-18-25(26(19-22)38-2)39-32(37)21-9-5-3-6-10-21/h3-19,27-29H,1-2H3/t27-,28+,29-/m1/s1. The van der Waals surface area contributed by atoms with Crippen molar-refractivity contribution in [1.29, 1.82) is 0 Å². The summed E-state index contributed by atoms with van der Waals surface area (Å²) in [6.07, 6.45) is -0.999. The van der Waals surface area contributed by atoms with Crippen LogP contribution in [0.25, 0.3) is 0 Å². The van der Waals surface area contributed by atoms with Crippen molar-refractivity contribution >= 4 is 29.2 Å². The highest BCUT2D eigenvalue weighted by Crippen LogP contribution is 2.48. The molecule has 2 saturated heterocycles. The number of nitrogens with zero attached hydrogens (tertiary/aromatic N) is 2. The minimum atomic E-state index is -0.999. The molecule has 0 saturated carbocycles. The lowest BCUT2D eigenvalue weighted by Gasteiger charge is -2.29. The zero-order valence-corrected chi connectivity index (χ0v) is 21.9. The molecule has 0 radical (unpaired) electrons. The first-order chi connectivity index (χ1) is 19.5. The Hall–Kier alpha value is -4.95. The first-order valence-electron chi connectivity index (χ1n) is 12.9. The van der Waals surface area contributed by atoms with Crippen LogP contribution in [0.4, 0.5) is 11.4 Å². The molecule has 2 heterocycles.